The van der Waals surface area contributed by atoms with Crippen LogP contribution in [0.1, 0.15) is 61.0 Å². The zero-order chi connectivity index (χ0) is 23.4. The van der Waals surface area contributed by atoms with Crippen LogP contribution in [-0.2, 0) is 10.0 Å². The van der Waals surface area contributed by atoms with Gasteiger partial charge in [0.2, 0.25) is 10.0 Å². The second kappa shape index (κ2) is 7.79. The SMILES string of the molecule is CCC1(S(=O)(=O)NC(=O)c2cnn3ccc(N4CCC[C@@H]4c4cc(F)ccc4F)cc23)CC1. The van der Waals surface area contributed by atoms with Crippen molar-refractivity contribution >= 4 is 27.1 Å². The van der Waals surface area contributed by atoms with Gasteiger partial charge in [0, 0.05) is 24.0 Å². The summed E-state index contributed by atoms with van der Waals surface area (Å²) in [5, 5.41) is 4.17. The van der Waals surface area contributed by atoms with Crippen molar-refractivity contribution in [2.24, 2.45) is 0 Å². The summed E-state index contributed by atoms with van der Waals surface area (Å²) in [4.78, 5) is 14.8. The number of anilines is 1. The zero-order valence-corrected chi connectivity index (χ0v) is 18.9. The fraction of sp³-hybridized carbons (Fsp3) is 0.391. The van der Waals surface area contributed by atoms with Crippen molar-refractivity contribution in [3.05, 3.63) is 65.5 Å². The Labute approximate surface area is 190 Å². The Morgan fingerprint density at radius 1 is 1.24 bits per heavy atom. The topological polar surface area (TPSA) is 83.8 Å². The molecule has 0 unspecified atom stereocenters. The Balaban J connectivity index is 1.47. The Morgan fingerprint density at radius 3 is 2.76 bits per heavy atom. The van der Waals surface area contributed by atoms with E-state index < -0.39 is 32.3 Å². The van der Waals surface area contributed by atoms with Crippen LogP contribution in [0.15, 0.2) is 42.7 Å². The van der Waals surface area contributed by atoms with Crippen molar-refractivity contribution < 1.29 is 22.0 Å². The highest BCUT2D eigenvalue weighted by molar-refractivity contribution is 7.91. The van der Waals surface area contributed by atoms with Gasteiger partial charge in [0.1, 0.15) is 11.6 Å². The fourth-order valence-corrected chi connectivity index (χ4v) is 6.32. The fourth-order valence-electron chi connectivity index (χ4n) is 4.73. The van der Waals surface area contributed by atoms with Gasteiger partial charge in [0.15, 0.2) is 0 Å². The van der Waals surface area contributed by atoms with Crippen LogP contribution in [0.5, 0.6) is 0 Å². The maximum Gasteiger partial charge on any atom is 0.268 e. The zero-order valence-electron chi connectivity index (χ0n) is 18.1. The second-order valence-corrected chi connectivity index (χ2v) is 10.8. The van der Waals surface area contributed by atoms with Gasteiger partial charge in [-0.25, -0.2) is 26.4 Å². The largest absolute Gasteiger partial charge is 0.364 e. The molecular formula is C23H24F2N4O3S. The summed E-state index contributed by atoms with van der Waals surface area (Å²) in [6.07, 6.45) is 5.99. The molecule has 7 nitrogen and oxygen atoms in total. The minimum Gasteiger partial charge on any atom is -0.364 e. The second-order valence-electron chi connectivity index (χ2n) is 8.76. The molecule has 0 spiro atoms. The van der Waals surface area contributed by atoms with Crippen LogP contribution in [0.25, 0.3) is 5.52 Å². The molecule has 1 saturated heterocycles. The molecule has 10 heteroatoms. The third-order valence-corrected chi connectivity index (χ3v) is 9.19. The number of nitrogens with zero attached hydrogens (tertiary/aromatic N) is 3. The summed E-state index contributed by atoms with van der Waals surface area (Å²) in [5.74, 6) is -1.69. The highest BCUT2D eigenvalue weighted by Crippen LogP contribution is 2.46. The van der Waals surface area contributed by atoms with E-state index in [1.165, 1.54) is 16.8 Å². The van der Waals surface area contributed by atoms with Gasteiger partial charge in [-0.2, -0.15) is 5.10 Å². The van der Waals surface area contributed by atoms with Gasteiger partial charge >= 0.3 is 0 Å². The molecule has 1 atom stereocenters. The number of sulfonamides is 1. The summed E-state index contributed by atoms with van der Waals surface area (Å²) < 4.78 is 56.5. The van der Waals surface area contributed by atoms with Crippen LogP contribution in [0, 0.1) is 11.6 Å². The van der Waals surface area contributed by atoms with Crippen LogP contribution in [0.2, 0.25) is 0 Å². The van der Waals surface area contributed by atoms with E-state index in [0.29, 0.717) is 43.3 Å². The summed E-state index contributed by atoms with van der Waals surface area (Å²) in [5.41, 5.74) is 1.59. The molecule has 2 aromatic heterocycles. The maximum atomic E-state index is 14.5. The van der Waals surface area contributed by atoms with Crippen molar-refractivity contribution in [1.82, 2.24) is 14.3 Å². The number of benzene rings is 1. The van der Waals surface area contributed by atoms with Crippen LogP contribution < -0.4 is 9.62 Å². The lowest BCUT2D eigenvalue weighted by Crippen LogP contribution is -2.39. The molecule has 2 fully saturated rings. The molecule has 3 heterocycles. The van der Waals surface area contributed by atoms with Gasteiger partial charge in [-0.3, -0.25) is 4.79 Å². The van der Waals surface area contributed by atoms with E-state index in [-0.39, 0.29) is 11.6 Å². The van der Waals surface area contributed by atoms with Crippen molar-refractivity contribution in [3.63, 3.8) is 0 Å². The van der Waals surface area contributed by atoms with Crippen LogP contribution >= 0.6 is 0 Å². The lowest BCUT2D eigenvalue weighted by Gasteiger charge is -2.27. The first-order valence-corrected chi connectivity index (χ1v) is 12.5. The Hall–Kier alpha value is -3.01. The van der Waals surface area contributed by atoms with Gasteiger partial charge in [0.05, 0.1) is 28.1 Å². The van der Waals surface area contributed by atoms with E-state index in [0.717, 1.165) is 24.2 Å². The maximum absolute atomic E-state index is 14.5. The van der Waals surface area contributed by atoms with E-state index in [1.807, 2.05) is 4.90 Å². The van der Waals surface area contributed by atoms with E-state index in [2.05, 4.69) is 9.82 Å². The van der Waals surface area contributed by atoms with E-state index in [1.54, 1.807) is 25.3 Å². The number of nitrogens with one attached hydrogen (secondary N) is 1. The molecule has 0 bridgehead atoms. The number of carbonyl (C=O) groups excluding carboxylic acids is 1. The third kappa shape index (κ3) is 3.66. The van der Waals surface area contributed by atoms with Crippen LogP contribution in [0.4, 0.5) is 14.5 Å². The number of hydrogen-bond donors (Lipinski definition) is 1. The number of amides is 1. The van der Waals surface area contributed by atoms with Crippen molar-refractivity contribution in [2.45, 2.75) is 49.8 Å². The standard InChI is InChI=1S/C23H24F2N4O3S/c1-2-23(8-9-23)33(31,32)27-22(30)18-14-26-29-11-7-16(13-21(18)29)28-10-3-4-20(28)17-12-15(24)5-6-19(17)25/h5-7,11-14,20H,2-4,8-10H2,1H3,(H,27,30)/t20-/m1/s1. The highest BCUT2D eigenvalue weighted by Gasteiger charge is 2.53. The lowest BCUT2D eigenvalue weighted by molar-refractivity contribution is 0.0982. The van der Waals surface area contributed by atoms with Gasteiger partial charge in [0.25, 0.3) is 5.91 Å². The smallest absolute Gasteiger partial charge is 0.268 e. The summed E-state index contributed by atoms with van der Waals surface area (Å²) in [7, 11) is -3.80. The van der Waals surface area contributed by atoms with E-state index in [9.17, 15) is 22.0 Å². The Bertz CT molecular complexity index is 1350. The summed E-state index contributed by atoms with van der Waals surface area (Å²) in [6.45, 7) is 2.44. The predicted molar refractivity (Wildman–Crippen MR) is 120 cm³/mol. The Kier molecular flexibility index (Phi) is 5.15. The molecule has 174 valence electrons. The molecule has 2 aliphatic rings. The Morgan fingerprint density at radius 2 is 2.03 bits per heavy atom. The van der Waals surface area contributed by atoms with E-state index >= 15 is 0 Å². The number of halogens is 2. The lowest BCUT2D eigenvalue weighted by atomic mass is 10.0. The monoisotopic (exact) mass is 474 g/mol. The molecule has 1 amide bonds. The first-order chi connectivity index (χ1) is 15.7. The quantitative estimate of drug-likeness (QED) is 0.585. The number of aromatic nitrogens is 2. The van der Waals surface area contributed by atoms with Crippen molar-refractivity contribution in [2.75, 3.05) is 11.4 Å². The number of pyridine rings is 1. The third-order valence-electron chi connectivity index (χ3n) is 6.90. The minimum atomic E-state index is -3.80. The predicted octanol–water partition coefficient (Wildman–Crippen LogP) is 3.96. The van der Waals surface area contributed by atoms with Gasteiger partial charge in [-0.1, -0.05) is 6.92 Å². The number of carbonyl (C=O) groups is 1. The molecule has 1 aliphatic carbocycles. The number of hydrogen-bond acceptors (Lipinski definition) is 5. The average molecular weight is 475 g/mol. The molecule has 5 rings (SSSR count). The molecular weight excluding hydrogens is 450 g/mol. The molecule has 1 N–H and O–H groups in total. The molecule has 1 aromatic carbocycles. The van der Waals surface area contributed by atoms with Gasteiger partial charge < -0.3 is 4.90 Å². The van der Waals surface area contributed by atoms with E-state index in [4.69, 9.17) is 0 Å². The van der Waals surface area contributed by atoms with Gasteiger partial charge in [-0.05, 0) is 62.4 Å². The summed E-state index contributed by atoms with van der Waals surface area (Å²) >= 11 is 0. The first-order valence-electron chi connectivity index (χ1n) is 11.0. The van der Waals surface area contributed by atoms with Crippen LogP contribution in [-0.4, -0.2) is 35.2 Å². The highest BCUT2D eigenvalue weighted by atomic mass is 32.2. The van der Waals surface area contributed by atoms with Crippen LogP contribution in [0.3, 0.4) is 0 Å². The normalized spacial score (nSPS) is 19.7. The minimum absolute atomic E-state index is 0.139. The molecule has 1 aliphatic heterocycles. The number of fused-ring (bicyclic) bond motifs is 1. The number of rotatable bonds is 6. The molecule has 1 saturated carbocycles. The molecule has 3 aromatic rings. The molecule has 0 radical (unpaired) electrons. The molecule has 33 heavy (non-hydrogen) atoms. The van der Waals surface area contributed by atoms with Crippen molar-refractivity contribution in [3.8, 4) is 0 Å². The van der Waals surface area contributed by atoms with Gasteiger partial charge in [-0.15, -0.1) is 0 Å². The average Bonchev–Trinajstić information content (AvgIpc) is 3.26. The first kappa shape index (κ1) is 21.8. The van der Waals surface area contributed by atoms with Crippen molar-refractivity contribution in [1.29, 1.82) is 0 Å². The summed E-state index contributed by atoms with van der Waals surface area (Å²) in [6, 6.07) is 6.64.